The molecule has 35 heavy (non-hydrogen) atoms. The van der Waals surface area contributed by atoms with E-state index in [-0.39, 0.29) is 22.6 Å². The zero-order valence-electron chi connectivity index (χ0n) is 22.2. The Morgan fingerprint density at radius 1 is 1.14 bits per heavy atom. The highest BCUT2D eigenvalue weighted by atomic mass is 28.3. The van der Waals surface area contributed by atoms with Gasteiger partial charge in [0.15, 0.2) is 9.04 Å². The minimum absolute atomic E-state index is 0.0717. The number of piperidine rings is 1. The van der Waals surface area contributed by atoms with Gasteiger partial charge in [-0.15, -0.1) is 0 Å². The molecule has 190 valence electrons. The molecule has 2 aliphatic heterocycles. The Bertz CT molecular complexity index is 1110. The van der Waals surface area contributed by atoms with E-state index in [4.69, 9.17) is 9.41 Å². The molecule has 1 fully saturated rings. The number of H-pyrrole nitrogens is 1. The van der Waals surface area contributed by atoms with Gasteiger partial charge in [0.1, 0.15) is 6.23 Å². The third-order valence-corrected chi connectivity index (χ3v) is 8.88. The van der Waals surface area contributed by atoms with Crippen molar-refractivity contribution in [3.8, 4) is 0 Å². The number of aromatic amines is 1. The number of hydrogen-bond donors (Lipinski definition) is 1. The van der Waals surface area contributed by atoms with Crippen molar-refractivity contribution in [1.82, 2.24) is 9.97 Å². The van der Waals surface area contributed by atoms with Gasteiger partial charge in [-0.25, -0.2) is 4.98 Å². The number of nitrogens with one attached hydrogen (secondary N) is 1. The first-order valence-corrected chi connectivity index (χ1v) is 16.3. The lowest BCUT2D eigenvalue weighted by Gasteiger charge is -2.42. The topological polar surface area (TPSA) is 61.5 Å². The summed E-state index contributed by atoms with van der Waals surface area (Å²) in [6.07, 6.45) is 7.29. The fraction of sp³-hybridized carbons (Fsp3) is 0.643. The molecule has 1 N–H and O–H groups in total. The molecule has 1 saturated heterocycles. The molecule has 1 aromatic heterocycles. The summed E-state index contributed by atoms with van der Waals surface area (Å²) in [6.45, 7) is 14.3. The number of para-hydroxylation sites is 1. The molecule has 1 aliphatic carbocycles. The second kappa shape index (κ2) is 9.39. The van der Waals surface area contributed by atoms with E-state index in [2.05, 4.69) is 72.9 Å². The first kappa shape index (κ1) is 24.6. The molecular weight excluding hydrogens is 452 g/mol. The predicted molar refractivity (Wildman–Crippen MR) is 146 cm³/mol. The van der Waals surface area contributed by atoms with E-state index in [0.717, 1.165) is 81.8 Å². The molecule has 7 heteroatoms. The fourth-order valence-electron chi connectivity index (χ4n) is 6.31. The Kier molecular flexibility index (Phi) is 6.59. The summed E-state index contributed by atoms with van der Waals surface area (Å²) in [4.78, 5) is 25.6. The highest BCUT2D eigenvalue weighted by Gasteiger charge is 2.47. The van der Waals surface area contributed by atoms with Crippen LogP contribution in [0.4, 0.5) is 11.6 Å². The molecule has 1 atom stereocenters. The summed E-state index contributed by atoms with van der Waals surface area (Å²) >= 11 is 0. The van der Waals surface area contributed by atoms with Crippen LogP contribution in [0.3, 0.4) is 0 Å². The van der Waals surface area contributed by atoms with Crippen LogP contribution in [-0.4, -0.2) is 44.9 Å². The van der Waals surface area contributed by atoms with Crippen LogP contribution >= 0.6 is 0 Å². The van der Waals surface area contributed by atoms with Crippen molar-refractivity contribution in [3.05, 3.63) is 51.4 Å². The van der Waals surface area contributed by atoms with Gasteiger partial charge >= 0.3 is 0 Å². The number of aromatic nitrogens is 2. The number of nitrogens with zero attached hydrogens (tertiary/aromatic N) is 3. The lowest BCUT2D eigenvalue weighted by atomic mass is 9.74. The average molecular weight is 495 g/mol. The largest absolute Gasteiger partial charge is 0.401 e. The maximum atomic E-state index is 12.7. The number of benzene rings is 1. The van der Waals surface area contributed by atoms with Gasteiger partial charge in [0.25, 0.3) is 5.56 Å². The Morgan fingerprint density at radius 2 is 1.86 bits per heavy atom. The summed E-state index contributed by atoms with van der Waals surface area (Å²) in [5.74, 6) is 0.772. The van der Waals surface area contributed by atoms with E-state index in [9.17, 15) is 4.79 Å². The Balaban J connectivity index is 1.39. The summed E-state index contributed by atoms with van der Waals surface area (Å²) in [7, 11) is -1.20. The number of anilines is 2. The fourth-order valence-corrected chi connectivity index (χ4v) is 7.18. The van der Waals surface area contributed by atoms with Crippen LogP contribution in [0.15, 0.2) is 29.1 Å². The molecule has 3 aliphatic rings. The highest BCUT2D eigenvalue weighted by Crippen LogP contribution is 2.49. The summed E-state index contributed by atoms with van der Waals surface area (Å²) in [6, 6.07) is 8.99. The number of rotatable bonds is 5. The molecule has 1 aromatic carbocycles. The van der Waals surface area contributed by atoms with Crippen molar-refractivity contribution in [2.75, 3.05) is 29.4 Å². The van der Waals surface area contributed by atoms with Gasteiger partial charge in [-0.3, -0.25) is 9.78 Å². The molecule has 1 spiro atoms. The summed E-state index contributed by atoms with van der Waals surface area (Å²) in [5, 5.41) is 0. The van der Waals surface area contributed by atoms with Crippen molar-refractivity contribution in [3.63, 3.8) is 0 Å². The van der Waals surface area contributed by atoms with Crippen LogP contribution in [0.2, 0.25) is 13.1 Å². The number of aryl methyl sites for hydroxylation is 1. The van der Waals surface area contributed by atoms with E-state index in [1.165, 1.54) is 11.3 Å². The van der Waals surface area contributed by atoms with Gasteiger partial charge in [-0.1, -0.05) is 39.0 Å². The molecule has 2 aromatic rings. The smallest absolute Gasteiger partial charge is 0.255 e. The van der Waals surface area contributed by atoms with E-state index in [1.54, 1.807) is 0 Å². The van der Waals surface area contributed by atoms with Crippen LogP contribution in [-0.2, 0) is 22.7 Å². The normalized spacial score (nSPS) is 20.3. The lowest BCUT2D eigenvalue weighted by molar-refractivity contribution is 0.136. The van der Waals surface area contributed by atoms with Gasteiger partial charge in [0.2, 0.25) is 5.95 Å². The van der Waals surface area contributed by atoms with E-state index in [0.29, 0.717) is 0 Å². The summed E-state index contributed by atoms with van der Waals surface area (Å²) < 4.78 is 6.66. The van der Waals surface area contributed by atoms with E-state index >= 15 is 0 Å². The average Bonchev–Trinajstić information content (AvgIpc) is 3.12. The number of fused-ring (bicyclic) bond motifs is 3. The van der Waals surface area contributed by atoms with Crippen LogP contribution < -0.4 is 15.4 Å². The molecule has 0 bridgehead atoms. The van der Waals surface area contributed by atoms with Crippen molar-refractivity contribution in [1.29, 1.82) is 0 Å². The Hall–Kier alpha value is -2.12. The minimum Gasteiger partial charge on any atom is -0.401 e. The molecule has 0 saturated carbocycles. The van der Waals surface area contributed by atoms with Gasteiger partial charge in [-0.05, 0) is 75.1 Å². The Labute approximate surface area is 211 Å². The van der Waals surface area contributed by atoms with Crippen LogP contribution in [0.25, 0.3) is 0 Å². The summed E-state index contributed by atoms with van der Waals surface area (Å²) in [5.41, 5.74) is 5.15. The first-order chi connectivity index (χ1) is 16.7. The van der Waals surface area contributed by atoms with Gasteiger partial charge < -0.3 is 14.2 Å². The maximum Gasteiger partial charge on any atom is 0.255 e. The maximum absolute atomic E-state index is 12.7. The monoisotopic (exact) mass is 494 g/mol. The van der Waals surface area contributed by atoms with Crippen molar-refractivity contribution in [2.45, 2.75) is 90.5 Å². The first-order valence-electron chi connectivity index (χ1n) is 13.5. The molecule has 6 nitrogen and oxygen atoms in total. The highest BCUT2D eigenvalue weighted by molar-refractivity contribution is 6.48. The molecule has 3 heterocycles. The molecule has 0 radical (unpaired) electrons. The SMILES string of the molecule is C[SiH](C)OC(CC(C)(C)C)N1CC2(CCN(c3nc4c(c(=O)[nH]3)CCCC4)CC2)c2ccccc21. The van der Waals surface area contributed by atoms with Crippen molar-refractivity contribution in [2.24, 2.45) is 5.41 Å². The van der Waals surface area contributed by atoms with Gasteiger partial charge in [0.05, 0.1) is 5.69 Å². The zero-order valence-corrected chi connectivity index (χ0v) is 23.3. The molecule has 5 rings (SSSR count). The zero-order chi connectivity index (χ0) is 24.8. The van der Waals surface area contributed by atoms with E-state index < -0.39 is 9.04 Å². The quantitative estimate of drug-likeness (QED) is 0.607. The van der Waals surface area contributed by atoms with Crippen molar-refractivity contribution >= 4 is 20.7 Å². The molecule has 1 unspecified atom stereocenters. The van der Waals surface area contributed by atoms with Gasteiger partial charge in [-0.2, -0.15) is 0 Å². The number of hydrogen-bond acceptors (Lipinski definition) is 5. The van der Waals surface area contributed by atoms with Crippen LogP contribution in [0, 0.1) is 5.41 Å². The Morgan fingerprint density at radius 3 is 2.57 bits per heavy atom. The third-order valence-electron chi connectivity index (χ3n) is 8.02. The van der Waals surface area contributed by atoms with Crippen LogP contribution in [0.5, 0.6) is 0 Å². The minimum atomic E-state index is -1.20. The lowest BCUT2D eigenvalue weighted by Crippen LogP contribution is -2.49. The third kappa shape index (κ3) is 4.94. The standard InChI is InChI=1S/C28H42N4O2Si/c1-27(2,3)18-24(34-35(4)5)32-19-28(21-11-7-9-13-23(21)32)14-16-31(17-15-28)26-29-22-12-8-6-10-20(22)25(33)30-26/h7,9,11,13,24,35H,6,8,10,12,14-19H2,1-5H3,(H,29,30,33). The predicted octanol–water partition coefficient (Wildman–Crippen LogP) is 4.77. The molecule has 0 amide bonds. The van der Waals surface area contributed by atoms with Gasteiger partial charge in [0, 0.05) is 36.3 Å². The van der Waals surface area contributed by atoms with E-state index in [1.807, 2.05) is 0 Å². The second-order valence-corrected chi connectivity index (χ2v) is 14.7. The van der Waals surface area contributed by atoms with Crippen LogP contribution in [0.1, 0.15) is 69.7 Å². The van der Waals surface area contributed by atoms with Crippen molar-refractivity contribution < 1.29 is 4.43 Å². The second-order valence-electron chi connectivity index (χ2n) is 12.3. The molecular formula is C28H42N4O2Si.